The second-order valence-corrected chi connectivity index (χ2v) is 4.61. The number of hydrogen-bond donors (Lipinski definition) is 2. The number of nitrogens with two attached hydrogens (primary N) is 1. The molecule has 1 atom stereocenters. The number of rotatable bonds is 2. The minimum Gasteiger partial charge on any atom is -0.394 e. The van der Waals surface area contributed by atoms with E-state index in [1.54, 1.807) is 19.2 Å². The van der Waals surface area contributed by atoms with Crippen LogP contribution < -0.4 is 5.73 Å². The van der Waals surface area contributed by atoms with E-state index in [1.807, 2.05) is 0 Å². The first-order chi connectivity index (χ1) is 5.97. The first-order valence-corrected chi connectivity index (χ1v) is 5.14. The number of hydrogen-bond acceptors (Lipinski definition) is 3. The summed E-state index contributed by atoms with van der Waals surface area (Å²) in [6.07, 6.45) is 1.60. The van der Waals surface area contributed by atoms with Crippen molar-refractivity contribution < 1.29 is 5.11 Å². The summed E-state index contributed by atoms with van der Waals surface area (Å²) >= 11 is 7.81. The molecule has 5 heteroatoms. The highest BCUT2D eigenvalue weighted by Crippen LogP contribution is 2.24. The second kappa shape index (κ2) is 4.08. The van der Waals surface area contributed by atoms with Crippen molar-refractivity contribution >= 4 is 34.2 Å². The standard InChI is InChI=1S/C8H10ClIN2O/c1-8(11,4-13)5-3-12-7(9)2-6(5)10/h2-3,13H,4,11H2,1H3/t8-/m1/s1. The molecule has 0 aliphatic rings. The number of aromatic nitrogens is 1. The highest BCUT2D eigenvalue weighted by Gasteiger charge is 2.23. The third-order valence-corrected chi connectivity index (χ3v) is 2.86. The van der Waals surface area contributed by atoms with E-state index in [0.717, 1.165) is 9.13 Å². The van der Waals surface area contributed by atoms with Gasteiger partial charge in [-0.05, 0) is 35.6 Å². The number of aliphatic hydroxyl groups excluding tert-OH is 1. The Labute approximate surface area is 95.4 Å². The third-order valence-electron chi connectivity index (χ3n) is 1.76. The molecule has 0 saturated carbocycles. The molecule has 0 aliphatic heterocycles. The molecule has 1 heterocycles. The van der Waals surface area contributed by atoms with Gasteiger partial charge in [0.05, 0.1) is 12.1 Å². The predicted octanol–water partition coefficient (Wildman–Crippen LogP) is 1.51. The molecule has 0 aromatic carbocycles. The molecule has 0 radical (unpaired) electrons. The van der Waals surface area contributed by atoms with Crippen LogP contribution in [0, 0.1) is 3.57 Å². The maximum absolute atomic E-state index is 9.05. The maximum atomic E-state index is 9.05. The Kier molecular flexibility index (Phi) is 3.50. The average Bonchev–Trinajstić information content (AvgIpc) is 2.03. The van der Waals surface area contributed by atoms with Gasteiger partial charge in [-0.25, -0.2) is 4.98 Å². The summed E-state index contributed by atoms with van der Waals surface area (Å²) in [5, 5.41) is 9.48. The predicted molar refractivity (Wildman–Crippen MR) is 60.6 cm³/mol. The van der Waals surface area contributed by atoms with Crippen LogP contribution in [0.4, 0.5) is 0 Å². The highest BCUT2D eigenvalue weighted by molar-refractivity contribution is 14.1. The van der Waals surface area contributed by atoms with Crippen LogP contribution in [0.25, 0.3) is 0 Å². The topological polar surface area (TPSA) is 59.1 Å². The summed E-state index contributed by atoms with van der Waals surface area (Å²) in [5.41, 5.74) is 5.90. The summed E-state index contributed by atoms with van der Waals surface area (Å²) in [6.45, 7) is 1.63. The van der Waals surface area contributed by atoms with Crippen LogP contribution in [-0.2, 0) is 5.54 Å². The van der Waals surface area contributed by atoms with Crippen molar-refractivity contribution in [3.05, 3.63) is 26.5 Å². The Bertz CT molecular complexity index is 317. The monoisotopic (exact) mass is 312 g/mol. The molecule has 0 bridgehead atoms. The maximum Gasteiger partial charge on any atom is 0.130 e. The summed E-state index contributed by atoms with van der Waals surface area (Å²) < 4.78 is 0.914. The Balaban J connectivity index is 3.16. The molecule has 0 saturated heterocycles. The van der Waals surface area contributed by atoms with Crippen LogP contribution in [0.5, 0.6) is 0 Å². The fourth-order valence-electron chi connectivity index (χ4n) is 0.913. The highest BCUT2D eigenvalue weighted by atomic mass is 127. The van der Waals surface area contributed by atoms with Gasteiger partial charge in [-0.15, -0.1) is 0 Å². The molecule has 0 fully saturated rings. The lowest BCUT2D eigenvalue weighted by Crippen LogP contribution is -2.37. The molecule has 3 nitrogen and oxygen atoms in total. The van der Waals surface area contributed by atoms with Gasteiger partial charge in [0.25, 0.3) is 0 Å². The van der Waals surface area contributed by atoms with Crippen LogP contribution in [0.3, 0.4) is 0 Å². The summed E-state index contributed by atoms with van der Waals surface area (Å²) in [7, 11) is 0. The molecule has 1 aromatic heterocycles. The van der Waals surface area contributed by atoms with Gasteiger partial charge >= 0.3 is 0 Å². The van der Waals surface area contributed by atoms with Gasteiger partial charge in [0.15, 0.2) is 0 Å². The van der Waals surface area contributed by atoms with Gasteiger partial charge in [0.2, 0.25) is 0 Å². The molecule has 0 unspecified atom stereocenters. The van der Waals surface area contributed by atoms with E-state index in [4.69, 9.17) is 22.4 Å². The molecule has 1 rings (SSSR count). The Morgan fingerprint density at radius 2 is 2.38 bits per heavy atom. The lowest BCUT2D eigenvalue weighted by Gasteiger charge is -2.23. The van der Waals surface area contributed by atoms with Crippen molar-refractivity contribution in [1.82, 2.24) is 4.98 Å². The van der Waals surface area contributed by atoms with Gasteiger partial charge < -0.3 is 10.8 Å². The molecule has 13 heavy (non-hydrogen) atoms. The van der Waals surface area contributed by atoms with Crippen LogP contribution >= 0.6 is 34.2 Å². The molecular weight excluding hydrogens is 302 g/mol. The normalized spacial score (nSPS) is 15.5. The first kappa shape index (κ1) is 11.2. The summed E-state index contributed by atoms with van der Waals surface area (Å²) in [6, 6.07) is 1.72. The zero-order valence-electron chi connectivity index (χ0n) is 7.09. The second-order valence-electron chi connectivity index (χ2n) is 3.06. The van der Waals surface area contributed by atoms with Crippen LogP contribution in [0.2, 0.25) is 5.15 Å². The minimum absolute atomic E-state index is 0.119. The van der Waals surface area contributed by atoms with Gasteiger partial charge in [0, 0.05) is 15.3 Å². The van der Waals surface area contributed by atoms with E-state index < -0.39 is 5.54 Å². The largest absolute Gasteiger partial charge is 0.394 e. The first-order valence-electron chi connectivity index (χ1n) is 3.68. The molecule has 0 aliphatic carbocycles. The quantitative estimate of drug-likeness (QED) is 0.643. The zero-order chi connectivity index (χ0) is 10.1. The van der Waals surface area contributed by atoms with Crippen LogP contribution in [0.1, 0.15) is 12.5 Å². The van der Waals surface area contributed by atoms with Gasteiger partial charge in [-0.3, -0.25) is 0 Å². The van der Waals surface area contributed by atoms with Crippen LogP contribution in [0.15, 0.2) is 12.3 Å². The molecule has 72 valence electrons. The van der Waals surface area contributed by atoms with E-state index >= 15 is 0 Å². The number of pyridine rings is 1. The zero-order valence-corrected chi connectivity index (χ0v) is 10.0. The van der Waals surface area contributed by atoms with Crippen molar-refractivity contribution in [2.45, 2.75) is 12.5 Å². The number of aliphatic hydroxyl groups is 1. The van der Waals surface area contributed by atoms with Crippen molar-refractivity contribution in [3.8, 4) is 0 Å². The van der Waals surface area contributed by atoms with Crippen molar-refractivity contribution in [2.24, 2.45) is 5.73 Å². The Morgan fingerprint density at radius 1 is 1.77 bits per heavy atom. The Hall–Kier alpha value is 0.0900. The lowest BCUT2D eigenvalue weighted by molar-refractivity contribution is 0.209. The van der Waals surface area contributed by atoms with Gasteiger partial charge in [-0.2, -0.15) is 0 Å². The molecular formula is C8H10ClIN2O. The molecule has 0 amide bonds. The minimum atomic E-state index is -0.756. The van der Waals surface area contributed by atoms with E-state index in [9.17, 15) is 0 Å². The van der Waals surface area contributed by atoms with Crippen molar-refractivity contribution in [3.63, 3.8) is 0 Å². The van der Waals surface area contributed by atoms with Crippen LogP contribution in [-0.4, -0.2) is 16.7 Å². The average molecular weight is 313 g/mol. The lowest BCUT2D eigenvalue weighted by atomic mass is 9.96. The van der Waals surface area contributed by atoms with Gasteiger partial charge in [0.1, 0.15) is 5.15 Å². The van der Waals surface area contributed by atoms with Crippen molar-refractivity contribution in [1.29, 1.82) is 0 Å². The van der Waals surface area contributed by atoms with E-state index in [1.165, 1.54) is 0 Å². The third kappa shape index (κ3) is 2.52. The SMILES string of the molecule is C[C@@](N)(CO)c1cnc(Cl)cc1I. The van der Waals surface area contributed by atoms with E-state index in [2.05, 4.69) is 27.6 Å². The number of nitrogens with zero attached hydrogens (tertiary/aromatic N) is 1. The van der Waals surface area contributed by atoms with E-state index in [-0.39, 0.29) is 6.61 Å². The summed E-state index contributed by atoms with van der Waals surface area (Å²) in [5.74, 6) is 0. The number of halogens is 2. The van der Waals surface area contributed by atoms with E-state index in [0.29, 0.717) is 5.15 Å². The fraction of sp³-hybridized carbons (Fsp3) is 0.375. The van der Waals surface area contributed by atoms with Crippen molar-refractivity contribution in [2.75, 3.05) is 6.61 Å². The fourth-order valence-corrected chi connectivity index (χ4v) is 2.31. The molecule has 3 N–H and O–H groups in total. The van der Waals surface area contributed by atoms with Gasteiger partial charge in [-0.1, -0.05) is 11.6 Å². The molecule has 0 spiro atoms. The molecule has 1 aromatic rings. The summed E-state index contributed by atoms with van der Waals surface area (Å²) in [4.78, 5) is 3.92. The smallest absolute Gasteiger partial charge is 0.130 e. The Morgan fingerprint density at radius 3 is 2.85 bits per heavy atom.